The topological polar surface area (TPSA) is 57.3 Å². The summed E-state index contributed by atoms with van der Waals surface area (Å²) in [5.74, 6) is 0.520. The highest BCUT2D eigenvalue weighted by Crippen LogP contribution is 2.20. The molecule has 0 radical (unpaired) electrons. The number of rotatable bonds is 5. The van der Waals surface area contributed by atoms with Gasteiger partial charge >= 0.3 is 0 Å². The predicted molar refractivity (Wildman–Crippen MR) is 112 cm³/mol. The number of anilines is 4. The minimum Gasteiger partial charge on any atom is -0.378 e. The molecule has 5 nitrogen and oxygen atoms in total. The molecule has 0 fully saturated rings. The fourth-order valence-electron chi connectivity index (χ4n) is 2.74. The van der Waals surface area contributed by atoms with Crippen LogP contribution in [0.25, 0.3) is 0 Å². The number of amides is 1. The summed E-state index contributed by atoms with van der Waals surface area (Å²) in [6, 6.07) is 17.6. The molecular weight excluding hydrogens is 336 g/mol. The van der Waals surface area contributed by atoms with Gasteiger partial charge in [-0.2, -0.15) is 0 Å². The first kappa shape index (κ1) is 18.5. The zero-order chi connectivity index (χ0) is 19.4. The molecule has 5 heteroatoms. The van der Waals surface area contributed by atoms with Crippen molar-refractivity contribution < 1.29 is 4.79 Å². The summed E-state index contributed by atoms with van der Waals surface area (Å²) in [5.41, 5.74) is 5.61. The molecule has 1 heterocycles. The third-order valence-electron chi connectivity index (χ3n) is 4.31. The molecular formula is C22H24N4O. The second kappa shape index (κ2) is 7.91. The number of carbonyl (C=O) groups excluding carboxylic acids is 1. The second-order valence-corrected chi connectivity index (χ2v) is 6.77. The molecule has 0 saturated heterocycles. The van der Waals surface area contributed by atoms with Gasteiger partial charge in [0.05, 0.1) is 5.56 Å². The number of aryl methyl sites for hydroxylation is 2. The number of nitrogens with one attached hydrogen (secondary N) is 2. The molecule has 138 valence electrons. The van der Waals surface area contributed by atoms with Gasteiger partial charge in [-0.1, -0.05) is 17.7 Å². The van der Waals surface area contributed by atoms with Crippen LogP contribution in [0.15, 0.2) is 60.8 Å². The van der Waals surface area contributed by atoms with Crippen LogP contribution in [0.1, 0.15) is 21.5 Å². The maximum Gasteiger partial charge on any atom is 0.257 e. The molecule has 1 aromatic heterocycles. The van der Waals surface area contributed by atoms with Gasteiger partial charge in [-0.25, -0.2) is 4.98 Å². The van der Waals surface area contributed by atoms with Gasteiger partial charge < -0.3 is 15.5 Å². The Morgan fingerprint density at radius 3 is 2.30 bits per heavy atom. The first-order chi connectivity index (χ1) is 12.9. The molecule has 2 N–H and O–H groups in total. The summed E-state index contributed by atoms with van der Waals surface area (Å²) in [5, 5.41) is 6.18. The largest absolute Gasteiger partial charge is 0.378 e. The molecule has 0 spiro atoms. The van der Waals surface area contributed by atoms with E-state index in [-0.39, 0.29) is 5.91 Å². The Morgan fingerprint density at radius 1 is 0.963 bits per heavy atom. The van der Waals surface area contributed by atoms with Crippen LogP contribution in [0.3, 0.4) is 0 Å². The van der Waals surface area contributed by atoms with E-state index in [2.05, 4.69) is 15.6 Å². The van der Waals surface area contributed by atoms with E-state index in [1.165, 1.54) is 5.56 Å². The lowest BCUT2D eigenvalue weighted by Gasteiger charge is -2.13. The van der Waals surface area contributed by atoms with E-state index in [0.29, 0.717) is 11.4 Å². The predicted octanol–water partition coefficient (Wildman–Crippen LogP) is 4.76. The molecule has 0 aliphatic carbocycles. The van der Waals surface area contributed by atoms with Gasteiger partial charge in [0.2, 0.25) is 0 Å². The third-order valence-corrected chi connectivity index (χ3v) is 4.31. The zero-order valence-electron chi connectivity index (χ0n) is 16.1. The van der Waals surface area contributed by atoms with Crippen LogP contribution in [-0.4, -0.2) is 25.0 Å². The van der Waals surface area contributed by atoms with Crippen molar-refractivity contribution in [3.63, 3.8) is 0 Å². The van der Waals surface area contributed by atoms with Crippen LogP contribution in [-0.2, 0) is 0 Å². The summed E-state index contributed by atoms with van der Waals surface area (Å²) in [4.78, 5) is 18.8. The number of pyridine rings is 1. The van der Waals surface area contributed by atoms with Gasteiger partial charge in [-0.3, -0.25) is 4.79 Å². The number of benzene rings is 2. The molecule has 0 unspecified atom stereocenters. The third kappa shape index (κ3) is 4.64. The molecule has 1 amide bonds. The van der Waals surface area contributed by atoms with Gasteiger partial charge in [0, 0.05) is 37.4 Å². The van der Waals surface area contributed by atoms with E-state index in [4.69, 9.17) is 0 Å². The van der Waals surface area contributed by atoms with E-state index in [9.17, 15) is 4.79 Å². The molecule has 2 aromatic carbocycles. The average molecular weight is 360 g/mol. The molecule has 0 aliphatic rings. The van der Waals surface area contributed by atoms with E-state index in [0.717, 1.165) is 22.6 Å². The standard InChI is InChI=1S/C22H24N4O/c1-15-5-11-20(16(2)13-15)25-22(27)17-6-12-21(23-14-17)24-18-7-9-19(10-8-18)26(3)4/h5-14H,1-4H3,(H,23,24)(H,25,27). The molecule has 0 bridgehead atoms. The van der Waals surface area contributed by atoms with Crippen molar-refractivity contribution in [3.8, 4) is 0 Å². The molecule has 27 heavy (non-hydrogen) atoms. The van der Waals surface area contributed by atoms with Crippen LogP contribution >= 0.6 is 0 Å². The van der Waals surface area contributed by atoms with Crippen molar-refractivity contribution >= 4 is 28.8 Å². The summed E-state index contributed by atoms with van der Waals surface area (Å²) >= 11 is 0. The quantitative estimate of drug-likeness (QED) is 0.689. The first-order valence-electron chi connectivity index (χ1n) is 8.81. The van der Waals surface area contributed by atoms with Crippen LogP contribution in [0.5, 0.6) is 0 Å². The maximum atomic E-state index is 12.4. The number of aromatic nitrogens is 1. The van der Waals surface area contributed by atoms with Gasteiger partial charge in [0.15, 0.2) is 0 Å². The summed E-state index contributed by atoms with van der Waals surface area (Å²) < 4.78 is 0. The normalized spacial score (nSPS) is 10.4. The smallest absolute Gasteiger partial charge is 0.257 e. The van der Waals surface area contributed by atoms with Crippen molar-refractivity contribution in [2.24, 2.45) is 0 Å². The molecule has 0 aliphatic heterocycles. The van der Waals surface area contributed by atoms with Crippen LogP contribution < -0.4 is 15.5 Å². The second-order valence-electron chi connectivity index (χ2n) is 6.77. The monoisotopic (exact) mass is 360 g/mol. The Kier molecular flexibility index (Phi) is 5.41. The minimum atomic E-state index is -0.170. The Labute approximate surface area is 160 Å². The Balaban J connectivity index is 1.66. The van der Waals surface area contributed by atoms with Crippen LogP contribution in [0.4, 0.5) is 22.9 Å². The summed E-state index contributed by atoms with van der Waals surface area (Å²) in [6.07, 6.45) is 1.58. The van der Waals surface area contributed by atoms with E-state index < -0.39 is 0 Å². The van der Waals surface area contributed by atoms with Crippen molar-refractivity contribution in [2.75, 3.05) is 29.6 Å². The Hall–Kier alpha value is -3.34. The lowest BCUT2D eigenvalue weighted by atomic mass is 10.1. The lowest BCUT2D eigenvalue weighted by molar-refractivity contribution is 0.102. The van der Waals surface area contributed by atoms with E-state index in [1.54, 1.807) is 18.3 Å². The van der Waals surface area contributed by atoms with Gasteiger partial charge in [-0.15, -0.1) is 0 Å². The number of hydrogen-bond acceptors (Lipinski definition) is 4. The van der Waals surface area contributed by atoms with Crippen LogP contribution in [0.2, 0.25) is 0 Å². The zero-order valence-corrected chi connectivity index (χ0v) is 16.1. The van der Waals surface area contributed by atoms with Crippen molar-refractivity contribution in [3.05, 3.63) is 77.5 Å². The number of hydrogen-bond donors (Lipinski definition) is 2. The molecule has 3 aromatic rings. The molecule has 0 saturated carbocycles. The maximum absolute atomic E-state index is 12.4. The Morgan fingerprint density at radius 2 is 1.70 bits per heavy atom. The number of carbonyl (C=O) groups is 1. The fourth-order valence-corrected chi connectivity index (χ4v) is 2.74. The van der Waals surface area contributed by atoms with Crippen LogP contribution in [0, 0.1) is 13.8 Å². The van der Waals surface area contributed by atoms with Crippen molar-refractivity contribution in [1.82, 2.24) is 4.98 Å². The van der Waals surface area contributed by atoms with Gasteiger partial charge in [-0.05, 0) is 61.9 Å². The molecule has 3 rings (SSSR count). The fraction of sp³-hybridized carbons (Fsp3) is 0.182. The highest BCUT2D eigenvalue weighted by molar-refractivity contribution is 6.04. The highest BCUT2D eigenvalue weighted by atomic mass is 16.1. The lowest BCUT2D eigenvalue weighted by Crippen LogP contribution is -2.13. The summed E-state index contributed by atoms with van der Waals surface area (Å²) in [6.45, 7) is 4.01. The first-order valence-corrected chi connectivity index (χ1v) is 8.81. The number of nitrogens with zero attached hydrogens (tertiary/aromatic N) is 2. The minimum absolute atomic E-state index is 0.170. The molecule has 0 atom stereocenters. The average Bonchev–Trinajstić information content (AvgIpc) is 2.65. The van der Waals surface area contributed by atoms with E-state index >= 15 is 0 Å². The van der Waals surface area contributed by atoms with Gasteiger partial charge in [0.1, 0.15) is 5.82 Å². The summed E-state index contributed by atoms with van der Waals surface area (Å²) in [7, 11) is 4.01. The van der Waals surface area contributed by atoms with Gasteiger partial charge in [0.25, 0.3) is 5.91 Å². The highest BCUT2D eigenvalue weighted by Gasteiger charge is 2.09. The van der Waals surface area contributed by atoms with Crippen molar-refractivity contribution in [2.45, 2.75) is 13.8 Å². The Bertz CT molecular complexity index is 932. The van der Waals surface area contributed by atoms with Crippen molar-refractivity contribution in [1.29, 1.82) is 0 Å². The SMILES string of the molecule is Cc1ccc(NC(=O)c2ccc(Nc3ccc(N(C)C)cc3)nc2)c(C)c1. The van der Waals surface area contributed by atoms with E-state index in [1.807, 2.05) is 75.3 Å².